The van der Waals surface area contributed by atoms with Crippen molar-refractivity contribution in [3.05, 3.63) is 35.9 Å². The van der Waals surface area contributed by atoms with Crippen molar-refractivity contribution in [1.82, 2.24) is 5.23 Å². The highest BCUT2D eigenvalue weighted by Gasteiger charge is 1.97. The number of hydrogen-bond donors (Lipinski definition) is 1. The van der Waals surface area contributed by atoms with Gasteiger partial charge in [-0.2, -0.15) is 0 Å². The molecular formula is C8H12ClNO2. The van der Waals surface area contributed by atoms with E-state index in [1.54, 1.807) is 0 Å². The number of hydrogen-bond acceptors (Lipinski definition) is 3. The molecule has 0 radical (unpaired) electrons. The first kappa shape index (κ1) is 11.4. The fraction of sp³-hybridized carbons (Fsp3) is 0.250. The molecule has 0 bridgehead atoms. The summed E-state index contributed by atoms with van der Waals surface area (Å²) >= 11 is 0. The monoisotopic (exact) mass is 189 g/mol. The van der Waals surface area contributed by atoms with Crippen LogP contribution < -0.4 is 0 Å². The maximum atomic E-state index is 8.92. The van der Waals surface area contributed by atoms with Gasteiger partial charge >= 0.3 is 0 Å². The second-order valence-electron chi connectivity index (χ2n) is 2.18. The maximum Gasteiger partial charge on any atom is 0.0765 e. The molecule has 1 aromatic carbocycles. The molecule has 0 amide bonds. The highest BCUT2D eigenvalue weighted by molar-refractivity contribution is 5.85. The molecule has 0 aliphatic heterocycles. The van der Waals surface area contributed by atoms with Crippen molar-refractivity contribution in [2.24, 2.45) is 0 Å². The predicted octanol–water partition coefficient (Wildman–Crippen LogP) is 1.86. The zero-order valence-electron chi connectivity index (χ0n) is 6.80. The fourth-order valence-electron chi connectivity index (χ4n) is 0.804. The Morgan fingerprint density at radius 1 is 1.33 bits per heavy atom. The molecule has 0 atom stereocenters. The van der Waals surface area contributed by atoms with Gasteiger partial charge in [-0.05, 0) is 5.56 Å². The van der Waals surface area contributed by atoms with Crippen LogP contribution in [-0.4, -0.2) is 17.5 Å². The van der Waals surface area contributed by atoms with E-state index in [9.17, 15) is 0 Å². The minimum absolute atomic E-state index is 0. The van der Waals surface area contributed by atoms with Crippen molar-refractivity contribution in [1.29, 1.82) is 0 Å². The van der Waals surface area contributed by atoms with Crippen LogP contribution in [0.5, 0.6) is 0 Å². The van der Waals surface area contributed by atoms with Crippen LogP contribution in [0.2, 0.25) is 0 Å². The highest BCUT2D eigenvalue weighted by Crippen LogP contribution is 2.01. The average molecular weight is 190 g/mol. The Balaban J connectivity index is 0.00000121. The van der Waals surface area contributed by atoms with E-state index in [-0.39, 0.29) is 12.4 Å². The van der Waals surface area contributed by atoms with Gasteiger partial charge in [-0.15, -0.1) is 12.4 Å². The summed E-state index contributed by atoms with van der Waals surface area (Å²) in [6.07, 6.45) is 0. The lowest BCUT2D eigenvalue weighted by atomic mass is 10.2. The minimum Gasteiger partial charge on any atom is -0.289 e. The first-order valence-electron chi connectivity index (χ1n) is 3.37. The SMILES string of the molecule is CON(O)Cc1ccccc1.Cl. The zero-order valence-corrected chi connectivity index (χ0v) is 7.62. The van der Waals surface area contributed by atoms with E-state index in [4.69, 9.17) is 5.21 Å². The second-order valence-corrected chi connectivity index (χ2v) is 2.18. The Morgan fingerprint density at radius 2 is 1.92 bits per heavy atom. The molecular weight excluding hydrogens is 178 g/mol. The van der Waals surface area contributed by atoms with Gasteiger partial charge < -0.3 is 0 Å². The molecule has 0 saturated carbocycles. The Morgan fingerprint density at radius 3 is 2.42 bits per heavy atom. The topological polar surface area (TPSA) is 32.7 Å². The fourth-order valence-corrected chi connectivity index (χ4v) is 0.804. The van der Waals surface area contributed by atoms with Gasteiger partial charge in [0.2, 0.25) is 0 Å². The summed E-state index contributed by atoms with van der Waals surface area (Å²) in [7, 11) is 1.42. The molecule has 0 unspecified atom stereocenters. The van der Waals surface area contributed by atoms with Crippen molar-refractivity contribution in [3.8, 4) is 0 Å². The van der Waals surface area contributed by atoms with Crippen LogP contribution in [0, 0.1) is 0 Å². The molecule has 0 aliphatic rings. The lowest BCUT2D eigenvalue weighted by molar-refractivity contribution is -0.333. The van der Waals surface area contributed by atoms with Gasteiger partial charge in [0, 0.05) is 0 Å². The third-order valence-electron chi connectivity index (χ3n) is 1.37. The summed E-state index contributed by atoms with van der Waals surface area (Å²) in [5, 5.41) is 9.71. The van der Waals surface area contributed by atoms with E-state index in [0.717, 1.165) is 10.8 Å². The quantitative estimate of drug-likeness (QED) is 0.737. The molecule has 0 aromatic heterocycles. The maximum absolute atomic E-state index is 8.92. The molecule has 1 aromatic rings. The molecule has 0 spiro atoms. The van der Waals surface area contributed by atoms with E-state index >= 15 is 0 Å². The lowest BCUT2D eigenvalue weighted by Crippen LogP contribution is -2.16. The summed E-state index contributed by atoms with van der Waals surface area (Å²) in [5.74, 6) is 0. The molecule has 68 valence electrons. The summed E-state index contributed by atoms with van der Waals surface area (Å²) in [5.41, 5.74) is 1.01. The second kappa shape index (κ2) is 5.97. The van der Waals surface area contributed by atoms with Gasteiger partial charge in [-0.1, -0.05) is 35.6 Å². The van der Waals surface area contributed by atoms with Crippen LogP contribution in [0.25, 0.3) is 0 Å². The smallest absolute Gasteiger partial charge is 0.0765 e. The predicted molar refractivity (Wildman–Crippen MR) is 48.0 cm³/mol. The Labute approximate surface area is 77.9 Å². The van der Waals surface area contributed by atoms with Crippen molar-refractivity contribution in [3.63, 3.8) is 0 Å². The van der Waals surface area contributed by atoms with Crippen molar-refractivity contribution < 1.29 is 10.0 Å². The number of hydroxylamine groups is 2. The molecule has 0 heterocycles. The molecule has 12 heavy (non-hydrogen) atoms. The Bertz CT molecular complexity index is 205. The molecule has 1 N–H and O–H groups in total. The normalized spacial score (nSPS) is 9.58. The van der Waals surface area contributed by atoms with Gasteiger partial charge in [0.05, 0.1) is 13.7 Å². The molecule has 0 aliphatic carbocycles. The van der Waals surface area contributed by atoms with Crippen LogP contribution in [0.15, 0.2) is 30.3 Å². The molecule has 0 fully saturated rings. The minimum atomic E-state index is 0. The van der Waals surface area contributed by atoms with E-state index in [1.807, 2.05) is 30.3 Å². The van der Waals surface area contributed by atoms with Gasteiger partial charge in [0.25, 0.3) is 0 Å². The first-order valence-corrected chi connectivity index (χ1v) is 3.37. The average Bonchev–Trinajstić information content (AvgIpc) is 2.06. The Hall–Kier alpha value is -0.610. The third kappa shape index (κ3) is 3.69. The van der Waals surface area contributed by atoms with E-state index in [1.165, 1.54) is 7.11 Å². The number of rotatable bonds is 3. The number of halogens is 1. The summed E-state index contributed by atoms with van der Waals surface area (Å²) < 4.78 is 0. The largest absolute Gasteiger partial charge is 0.289 e. The summed E-state index contributed by atoms with van der Waals surface area (Å²) in [6, 6.07) is 9.60. The summed E-state index contributed by atoms with van der Waals surface area (Å²) in [4.78, 5) is 4.54. The van der Waals surface area contributed by atoms with Crippen LogP contribution >= 0.6 is 12.4 Å². The van der Waals surface area contributed by atoms with Crippen molar-refractivity contribution in [2.75, 3.05) is 7.11 Å². The van der Waals surface area contributed by atoms with Crippen molar-refractivity contribution >= 4 is 12.4 Å². The summed E-state index contributed by atoms with van der Waals surface area (Å²) in [6.45, 7) is 0.386. The van der Waals surface area contributed by atoms with Gasteiger partial charge in [0.15, 0.2) is 0 Å². The molecule has 4 heteroatoms. The number of benzene rings is 1. The van der Waals surface area contributed by atoms with Gasteiger partial charge in [0.1, 0.15) is 0 Å². The molecule has 0 saturated heterocycles. The van der Waals surface area contributed by atoms with Crippen LogP contribution in [-0.2, 0) is 11.4 Å². The van der Waals surface area contributed by atoms with Crippen molar-refractivity contribution in [2.45, 2.75) is 6.54 Å². The van der Waals surface area contributed by atoms with Crippen LogP contribution in [0.1, 0.15) is 5.56 Å². The van der Waals surface area contributed by atoms with Crippen LogP contribution in [0.4, 0.5) is 0 Å². The molecule has 1 rings (SSSR count). The van der Waals surface area contributed by atoms with E-state index in [0.29, 0.717) is 6.54 Å². The first-order chi connectivity index (χ1) is 5.33. The highest BCUT2D eigenvalue weighted by atomic mass is 35.5. The molecule has 3 nitrogen and oxygen atoms in total. The van der Waals surface area contributed by atoms with Gasteiger partial charge in [-0.25, -0.2) is 0 Å². The Kier molecular flexibility index (Phi) is 5.66. The van der Waals surface area contributed by atoms with Crippen LogP contribution in [0.3, 0.4) is 0 Å². The zero-order chi connectivity index (χ0) is 8.10. The number of nitrogens with zero attached hydrogens (tertiary/aromatic N) is 1. The van der Waals surface area contributed by atoms with E-state index < -0.39 is 0 Å². The van der Waals surface area contributed by atoms with Gasteiger partial charge in [-0.3, -0.25) is 10.0 Å². The third-order valence-corrected chi connectivity index (χ3v) is 1.37. The standard InChI is InChI=1S/C8H11NO2.ClH/c1-11-9(10)7-8-5-3-2-4-6-8;/h2-6,10H,7H2,1H3;1H. The lowest BCUT2D eigenvalue weighted by Gasteiger charge is -2.10. The van der Waals surface area contributed by atoms with E-state index in [2.05, 4.69) is 4.84 Å².